The van der Waals surface area contributed by atoms with Gasteiger partial charge in [0.2, 0.25) is 0 Å². The highest BCUT2D eigenvalue weighted by Gasteiger charge is 2.22. The molecular weight excluding hydrogens is 687 g/mol. The number of fused-ring (bicyclic) bond motifs is 11. The van der Waals surface area contributed by atoms with Gasteiger partial charge in [0.1, 0.15) is 5.82 Å². The summed E-state index contributed by atoms with van der Waals surface area (Å²) in [5.74, 6) is 0.910. The number of thiophene rings is 1. The minimum Gasteiger partial charge on any atom is -0.309 e. The average Bonchev–Trinajstić information content (AvgIpc) is 3.91. The molecule has 0 radical (unpaired) electrons. The molecule has 0 aliphatic rings. The molecule has 0 aliphatic carbocycles. The Morgan fingerprint density at radius 2 is 1.05 bits per heavy atom. The Balaban J connectivity index is 1.10. The summed E-state index contributed by atoms with van der Waals surface area (Å²) in [5, 5.41) is 9.98. The Bertz CT molecular complexity index is 3490. The number of rotatable bonds is 4. The van der Waals surface area contributed by atoms with Gasteiger partial charge in [-0.05, 0) is 71.1 Å². The van der Waals surface area contributed by atoms with E-state index in [9.17, 15) is 0 Å². The highest BCUT2D eigenvalue weighted by atomic mass is 32.1. The van der Waals surface area contributed by atoms with Crippen LogP contribution in [0.1, 0.15) is 0 Å². The molecule has 4 aromatic heterocycles. The summed E-state index contributed by atoms with van der Waals surface area (Å²) in [6, 6.07) is 68.2. The minimum atomic E-state index is 0.910. The lowest BCUT2D eigenvalue weighted by atomic mass is 10.0. The SMILES string of the molecule is c1ccc(-c2ccc3c(-n4c5ccccc5c5c6c7ccccc7n(-c7cccc(-c8cccc9c8sc8ccccc89)n7)c6ccc54)cccc3c2)cc1. The van der Waals surface area contributed by atoms with Crippen LogP contribution in [-0.2, 0) is 0 Å². The Morgan fingerprint density at radius 1 is 0.400 bits per heavy atom. The van der Waals surface area contributed by atoms with Gasteiger partial charge in [0, 0.05) is 52.7 Å². The first-order chi connectivity index (χ1) is 27.3. The first-order valence-electron chi connectivity index (χ1n) is 18.7. The van der Waals surface area contributed by atoms with Crippen LogP contribution in [0.15, 0.2) is 188 Å². The Morgan fingerprint density at radius 3 is 1.87 bits per heavy atom. The van der Waals surface area contributed by atoms with Crippen LogP contribution in [0.4, 0.5) is 0 Å². The smallest absolute Gasteiger partial charge is 0.138 e. The molecule has 0 spiro atoms. The zero-order chi connectivity index (χ0) is 36.0. The van der Waals surface area contributed by atoms with Crippen LogP contribution in [0, 0.1) is 0 Å². The number of hydrogen-bond acceptors (Lipinski definition) is 2. The van der Waals surface area contributed by atoms with Crippen molar-refractivity contribution in [3.8, 4) is 33.9 Å². The largest absolute Gasteiger partial charge is 0.309 e. The molecule has 0 fully saturated rings. The molecule has 12 aromatic rings. The van der Waals surface area contributed by atoms with E-state index in [2.05, 4.69) is 197 Å². The predicted octanol–water partition coefficient (Wildman–Crippen LogP) is 14.1. The number of hydrogen-bond donors (Lipinski definition) is 0. The van der Waals surface area contributed by atoms with Crippen LogP contribution in [0.2, 0.25) is 0 Å². The molecule has 4 heterocycles. The first kappa shape index (κ1) is 30.5. The highest BCUT2D eigenvalue weighted by Crippen LogP contribution is 2.44. The lowest BCUT2D eigenvalue weighted by Gasteiger charge is -2.13. The van der Waals surface area contributed by atoms with Crippen LogP contribution in [0.25, 0.3) is 108 Å². The van der Waals surface area contributed by atoms with Gasteiger partial charge in [-0.25, -0.2) is 4.98 Å². The molecule has 0 aliphatic heterocycles. The van der Waals surface area contributed by atoms with Gasteiger partial charge in [-0.15, -0.1) is 11.3 Å². The van der Waals surface area contributed by atoms with Crippen molar-refractivity contribution in [1.82, 2.24) is 14.1 Å². The normalized spacial score (nSPS) is 12.0. The van der Waals surface area contributed by atoms with E-state index in [0.29, 0.717) is 0 Å². The van der Waals surface area contributed by atoms with Gasteiger partial charge in [-0.1, -0.05) is 133 Å². The molecule has 4 heteroatoms. The third-order valence-corrected chi connectivity index (χ3v) is 12.5. The van der Waals surface area contributed by atoms with E-state index in [4.69, 9.17) is 4.98 Å². The van der Waals surface area contributed by atoms with Gasteiger partial charge in [-0.3, -0.25) is 4.57 Å². The van der Waals surface area contributed by atoms with Gasteiger partial charge in [0.15, 0.2) is 0 Å². The fraction of sp³-hybridized carbons (Fsp3) is 0. The quantitative estimate of drug-likeness (QED) is 0.178. The van der Waals surface area contributed by atoms with E-state index in [1.165, 1.54) is 80.3 Å². The van der Waals surface area contributed by atoms with Gasteiger partial charge in [-0.2, -0.15) is 0 Å². The van der Waals surface area contributed by atoms with Crippen LogP contribution >= 0.6 is 11.3 Å². The fourth-order valence-electron chi connectivity index (χ4n) is 8.94. The molecule has 256 valence electrons. The van der Waals surface area contributed by atoms with Gasteiger partial charge in [0.05, 0.1) is 33.4 Å². The summed E-state index contributed by atoms with van der Waals surface area (Å²) in [7, 11) is 0. The second kappa shape index (κ2) is 11.7. The van der Waals surface area contributed by atoms with Crippen molar-refractivity contribution in [3.05, 3.63) is 188 Å². The summed E-state index contributed by atoms with van der Waals surface area (Å²) in [5.41, 5.74) is 10.4. The zero-order valence-electron chi connectivity index (χ0n) is 29.6. The number of para-hydroxylation sites is 2. The molecule has 0 saturated heterocycles. The molecule has 0 unspecified atom stereocenters. The second-order valence-corrected chi connectivity index (χ2v) is 15.4. The molecule has 0 atom stereocenters. The molecule has 0 saturated carbocycles. The standard InChI is InChI=1S/C51H31N3S/c1-2-13-32(14-3-1)33-27-28-35-34(31-33)15-10-24-42(35)53-43-22-7-4-17-39(43)49-45(53)29-30-46-50(49)40-18-5-8-23-44(40)54(46)48-26-12-21-41(52-48)38-20-11-19-37-36-16-6-9-25-47(36)55-51(37)38/h1-31H. The van der Waals surface area contributed by atoms with Crippen molar-refractivity contribution in [2.75, 3.05) is 0 Å². The number of benzene rings is 8. The van der Waals surface area contributed by atoms with Crippen molar-refractivity contribution in [3.63, 3.8) is 0 Å². The lowest BCUT2D eigenvalue weighted by molar-refractivity contribution is 1.08. The first-order valence-corrected chi connectivity index (χ1v) is 19.5. The maximum absolute atomic E-state index is 5.43. The number of aromatic nitrogens is 3. The van der Waals surface area contributed by atoms with E-state index >= 15 is 0 Å². The van der Waals surface area contributed by atoms with E-state index in [-0.39, 0.29) is 0 Å². The summed E-state index contributed by atoms with van der Waals surface area (Å²) in [6.07, 6.45) is 0. The number of nitrogens with zero attached hydrogens (tertiary/aromatic N) is 3. The van der Waals surface area contributed by atoms with E-state index in [0.717, 1.165) is 28.1 Å². The lowest BCUT2D eigenvalue weighted by Crippen LogP contribution is -1.98. The maximum Gasteiger partial charge on any atom is 0.138 e. The topological polar surface area (TPSA) is 22.8 Å². The molecule has 8 aromatic carbocycles. The molecule has 0 bridgehead atoms. The molecular formula is C51H31N3S. The summed E-state index contributed by atoms with van der Waals surface area (Å²) >= 11 is 1.85. The Labute approximate surface area is 320 Å². The van der Waals surface area contributed by atoms with Gasteiger partial charge in [0.25, 0.3) is 0 Å². The minimum absolute atomic E-state index is 0.910. The van der Waals surface area contributed by atoms with E-state index in [1.807, 2.05) is 11.3 Å². The van der Waals surface area contributed by atoms with Crippen molar-refractivity contribution in [1.29, 1.82) is 0 Å². The molecule has 0 N–H and O–H groups in total. The zero-order valence-corrected chi connectivity index (χ0v) is 30.5. The van der Waals surface area contributed by atoms with Crippen molar-refractivity contribution >= 4 is 85.9 Å². The van der Waals surface area contributed by atoms with Gasteiger partial charge < -0.3 is 4.57 Å². The Kier molecular flexibility index (Phi) is 6.50. The van der Waals surface area contributed by atoms with Crippen molar-refractivity contribution < 1.29 is 0 Å². The monoisotopic (exact) mass is 717 g/mol. The molecule has 3 nitrogen and oxygen atoms in total. The third kappa shape index (κ3) is 4.46. The summed E-state index contributed by atoms with van der Waals surface area (Å²) < 4.78 is 7.39. The van der Waals surface area contributed by atoms with Crippen molar-refractivity contribution in [2.45, 2.75) is 0 Å². The summed E-state index contributed by atoms with van der Waals surface area (Å²) in [6.45, 7) is 0. The third-order valence-electron chi connectivity index (χ3n) is 11.3. The average molecular weight is 718 g/mol. The van der Waals surface area contributed by atoms with E-state index in [1.54, 1.807) is 0 Å². The maximum atomic E-state index is 5.43. The predicted molar refractivity (Wildman–Crippen MR) is 234 cm³/mol. The van der Waals surface area contributed by atoms with Crippen molar-refractivity contribution in [2.24, 2.45) is 0 Å². The van der Waals surface area contributed by atoms with Crippen LogP contribution < -0.4 is 0 Å². The highest BCUT2D eigenvalue weighted by molar-refractivity contribution is 7.26. The van der Waals surface area contributed by atoms with Crippen LogP contribution in [0.3, 0.4) is 0 Å². The molecule has 12 rings (SSSR count). The van der Waals surface area contributed by atoms with Gasteiger partial charge >= 0.3 is 0 Å². The van der Waals surface area contributed by atoms with E-state index < -0.39 is 0 Å². The van der Waals surface area contributed by atoms with Crippen LogP contribution in [0.5, 0.6) is 0 Å². The molecule has 55 heavy (non-hydrogen) atoms. The summed E-state index contributed by atoms with van der Waals surface area (Å²) in [4.78, 5) is 5.43. The fourth-order valence-corrected chi connectivity index (χ4v) is 10.2. The number of pyridine rings is 1. The van der Waals surface area contributed by atoms with Crippen LogP contribution in [-0.4, -0.2) is 14.1 Å². The molecule has 0 amide bonds. The second-order valence-electron chi connectivity index (χ2n) is 14.3. The Hall–Kier alpha value is -7.01.